The maximum absolute atomic E-state index is 13.5. The third-order valence-electron chi connectivity index (χ3n) is 5.69. The minimum atomic E-state index is -0.364. The number of para-hydroxylation sites is 2. The number of nitrogens with zero attached hydrogens (tertiary/aromatic N) is 3. The summed E-state index contributed by atoms with van der Waals surface area (Å²) in [6.07, 6.45) is 0. The highest BCUT2D eigenvalue weighted by molar-refractivity contribution is 5.92. The van der Waals surface area contributed by atoms with Crippen LogP contribution in [0.4, 0.5) is 5.69 Å². The zero-order chi connectivity index (χ0) is 24.1. The van der Waals surface area contributed by atoms with E-state index in [4.69, 9.17) is 23.9 Å². The Balaban J connectivity index is 1.73. The summed E-state index contributed by atoms with van der Waals surface area (Å²) in [4.78, 5) is 33.4. The number of amides is 1. The number of carbonyl (C=O) groups excluding carboxylic acids is 1. The molecular weight excluding hydrogens is 440 g/mol. The van der Waals surface area contributed by atoms with E-state index in [0.717, 1.165) is 0 Å². The first-order valence-electron chi connectivity index (χ1n) is 10.9. The Kier molecular flexibility index (Phi) is 7.29. The Hall–Kier alpha value is -3.63. The predicted molar refractivity (Wildman–Crippen MR) is 127 cm³/mol. The van der Waals surface area contributed by atoms with Crippen molar-refractivity contribution in [1.29, 1.82) is 0 Å². The van der Waals surface area contributed by atoms with Crippen molar-refractivity contribution in [2.45, 2.75) is 13.1 Å². The Morgan fingerprint density at radius 2 is 1.71 bits per heavy atom. The fourth-order valence-corrected chi connectivity index (χ4v) is 3.92. The molecule has 10 heteroatoms. The first kappa shape index (κ1) is 23.5. The lowest BCUT2D eigenvalue weighted by molar-refractivity contribution is -0.116. The molecule has 34 heavy (non-hydrogen) atoms. The van der Waals surface area contributed by atoms with Gasteiger partial charge in [0.25, 0.3) is 5.56 Å². The number of rotatable bonds is 8. The summed E-state index contributed by atoms with van der Waals surface area (Å²) >= 11 is 0. The van der Waals surface area contributed by atoms with Crippen LogP contribution < -0.4 is 25.1 Å². The summed E-state index contributed by atoms with van der Waals surface area (Å²) in [5.74, 6) is 1.55. The minimum absolute atomic E-state index is 0.201. The van der Waals surface area contributed by atoms with Crippen LogP contribution in [0.5, 0.6) is 17.2 Å². The molecular formula is C24H28N4O6. The van der Waals surface area contributed by atoms with E-state index in [2.05, 4.69) is 10.2 Å². The number of aromatic nitrogens is 2. The summed E-state index contributed by atoms with van der Waals surface area (Å²) < 4.78 is 22.9. The van der Waals surface area contributed by atoms with Gasteiger partial charge in [0, 0.05) is 19.2 Å². The van der Waals surface area contributed by atoms with Crippen molar-refractivity contribution in [3.05, 3.63) is 52.6 Å². The van der Waals surface area contributed by atoms with Gasteiger partial charge >= 0.3 is 0 Å². The normalized spacial score (nSPS) is 14.1. The van der Waals surface area contributed by atoms with Crippen LogP contribution >= 0.6 is 0 Å². The summed E-state index contributed by atoms with van der Waals surface area (Å²) in [6, 6.07) is 10.4. The van der Waals surface area contributed by atoms with Crippen molar-refractivity contribution in [2.24, 2.45) is 0 Å². The number of nitrogens with one attached hydrogen (secondary N) is 1. The van der Waals surface area contributed by atoms with E-state index in [9.17, 15) is 9.59 Å². The topological polar surface area (TPSA) is 104 Å². The smallest absolute Gasteiger partial charge is 0.262 e. The Morgan fingerprint density at radius 3 is 2.41 bits per heavy atom. The molecule has 10 nitrogen and oxygen atoms in total. The van der Waals surface area contributed by atoms with E-state index in [1.807, 2.05) is 6.07 Å². The first-order chi connectivity index (χ1) is 16.5. The average Bonchev–Trinajstić information content (AvgIpc) is 2.86. The second kappa shape index (κ2) is 10.5. The molecule has 4 rings (SSSR count). The lowest BCUT2D eigenvalue weighted by Gasteiger charge is -2.27. The molecule has 1 aliphatic rings. The number of anilines is 1. The van der Waals surface area contributed by atoms with E-state index in [1.54, 1.807) is 30.3 Å². The number of ether oxygens (including phenoxy) is 4. The van der Waals surface area contributed by atoms with E-state index >= 15 is 0 Å². The molecule has 1 amide bonds. The van der Waals surface area contributed by atoms with Crippen LogP contribution in [-0.2, 0) is 22.6 Å². The number of morpholine rings is 1. The molecule has 0 aliphatic carbocycles. The molecule has 2 aromatic carbocycles. The molecule has 1 N–H and O–H groups in total. The van der Waals surface area contributed by atoms with Crippen LogP contribution in [0, 0.1) is 0 Å². The summed E-state index contributed by atoms with van der Waals surface area (Å²) in [5.41, 5.74) is 0.676. The van der Waals surface area contributed by atoms with E-state index in [1.165, 1.54) is 25.9 Å². The zero-order valence-electron chi connectivity index (χ0n) is 19.5. The molecule has 0 bridgehead atoms. The van der Waals surface area contributed by atoms with Gasteiger partial charge in [-0.3, -0.25) is 19.1 Å². The predicted octanol–water partition coefficient (Wildman–Crippen LogP) is 1.89. The summed E-state index contributed by atoms with van der Waals surface area (Å²) in [5, 5.41) is 3.17. The highest BCUT2D eigenvalue weighted by Gasteiger charge is 2.20. The van der Waals surface area contributed by atoms with Crippen molar-refractivity contribution >= 4 is 22.5 Å². The summed E-state index contributed by atoms with van der Waals surface area (Å²) in [6.45, 7) is 2.85. The third-order valence-corrected chi connectivity index (χ3v) is 5.69. The Bertz CT molecular complexity index is 1240. The fraction of sp³-hybridized carbons (Fsp3) is 0.375. The maximum atomic E-state index is 13.5. The molecule has 1 aliphatic heterocycles. The van der Waals surface area contributed by atoms with Gasteiger partial charge in [0.1, 0.15) is 18.1 Å². The second-order valence-corrected chi connectivity index (χ2v) is 7.78. The maximum Gasteiger partial charge on any atom is 0.262 e. The van der Waals surface area contributed by atoms with Crippen molar-refractivity contribution in [1.82, 2.24) is 14.5 Å². The number of fused-ring (bicyclic) bond motifs is 1. The third kappa shape index (κ3) is 4.97. The van der Waals surface area contributed by atoms with Crippen LogP contribution in [0.2, 0.25) is 0 Å². The standard InChI is InChI=1S/C24H28N4O6/c1-31-19-7-5-4-6-17(19)26-23(29)15-28-22(14-27-8-10-34-11-9-27)25-18-13-21(33-3)20(32-2)12-16(18)24(28)30/h4-7,12-13H,8-11,14-15H2,1-3H3,(H,26,29). The van der Waals surface area contributed by atoms with Crippen LogP contribution in [0.25, 0.3) is 10.9 Å². The Morgan fingerprint density at radius 1 is 1.03 bits per heavy atom. The number of methoxy groups -OCH3 is 3. The number of benzene rings is 2. The molecule has 180 valence electrons. The van der Waals surface area contributed by atoms with Gasteiger partial charge in [-0.1, -0.05) is 12.1 Å². The van der Waals surface area contributed by atoms with Gasteiger partial charge in [-0.15, -0.1) is 0 Å². The zero-order valence-corrected chi connectivity index (χ0v) is 19.5. The number of hydrogen-bond donors (Lipinski definition) is 1. The summed E-state index contributed by atoms with van der Waals surface area (Å²) in [7, 11) is 4.57. The van der Waals surface area contributed by atoms with Gasteiger partial charge in [0.05, 0.1) is 57.7 Å². The van der Waals surface area contributed by atoms with E-state index in [-0.39, 0.29) is 18.0 Å². The van der Waals surface area contributed by atoms with Gasteiger partial charge in [0.2, 0.25) is 5.91 Å². The van der Waals surface area contributed by atoms with Gasteiger partial charge in [-0.25, -0.2) is 4.98 Å². The van der Waals surface area contributed by atoms with Crippen molar-refractivity contribution in [3.8, 4) is 17.2 Å². The largest absolute Gasteiger partial charge is 0.495 e. The number of hydrogen-bond acceptors (Lipinski definition) is 8. The van der Waals surface area contributed by atoms with Crippen LogP contribution in [-0.4, -0.2) is 68.0 Å². The lowest BCUT2D eigenvalue weighted by Crippen LogP contribution is -2.39. The molecule has 3 aromatic rings. The molecule has 1 fully saturated rings. The quantitative estimate of drug-likeness (QED) is 0.535. The van der Waals surface area contributed by atoms with Crippen LogP contribution in [0.1, 0.15) is 5.82 Å². The molecule has 0 saturated carbocycles. The van der Waals surface area contributed by atoms with Gasteiger partial charge < -0.3 is 24.3 Å². The first-order valence-corrected chi connectivity index (χ1v) is 10.9. The monoisotopic (exact) mass is 468 g/mol. The lowest BCUT2D eigenvalue weighted by atomic mass is 10.2. The van der Waals surface area contributed by atoms with E-state index < -0.39 is 0 Å². The second-order valence-electron chi connectivity index (χ2n) is 7.78. The van der Waals surface area contributed by atoms with Crippen molar-refractivity contribution in [2.75, 3.05) is 52.9 Å². The van der Waals surface area contributed by atoms with Gasteiger partial charge in [-0.2, -0.15) is 0 Å². The van der Waals surface area contributed by atoms with Gasteiger partial charge in [-0.05, 0) is 18.2 Å². The average molecular weight is 469 g/mol. The molecule has 2 heterocycles. The molecule has 0 radical (unpaired) electrons. The highest BCUT2D eigenvalue weighted by Crippen LogP contribution is 2.30. The fourth-order valence-electron chi connectivity index (χ4n) is 3.92. The van der Waals surface area contributed by atoms with Crippen LogP contribution in [0.3, 0.4) is 0 Å². The molecule has 0 unspecified atom stereocenters. The highest BCUT2D eigenvalue weighted by atomic mass is 16.5. The molecule has 1 aromatic heterocycles. The van der Waals surface area contributed by atoms with Crippen molar-refractivity contribution < 1.29 is 23.7 Å². The number of carbonyl (C=O) groups is 1. The van der Waals surface area contributed by atoms with Crippen molar-refractivity contribution in [3.63, 3.8) is 0 Å². The van der Waals surface area contributed by atoms with Crippen LogP contribution in [0.15, 0.2) is 41.2 Å². The molecule has 1 saturated heterocycles. The van der Waals surface area contributed by atoms with Gasteiger partial charge in [0.15, 0.2) is 11.5 Å². The Labute approximate surface area is 197 Å². The molecule has 0 spiro atoms. The molecule has 0 atom stereocenters. The SMILES string of the molecule is COc1ccccc1NC(=O)Cn1c(CN2CCOCC2)nc2cc(OC)c(OC)cc2c1=O. The minimum Gasteiger partial charge on any atom is -0.495 e. The van der Waals surface area contributed by atoms with E-state index in [0.29, 0.717) is 72.5 Å².